The normalized spacial score (nSPS) is 11.6. The monoisotopic (exact) mass is 332 g/mol. The van der Waals surface area contributed by atoms with Crippen molar-refractivity contribution in [2.45, 2.75) is 6.18 Å². The van der Waals surface area contributed by atoms with Gasteiger partial charge in [0.05, 0.1) is 11.1 Å². The molecule has 0 unspecified atom stereocenters. The predicted molar refractivity (Wildman–Crippen MR) is 66.7 cm³/mol. The van der Waals surface area contributed by atoms with Crippen LogP contribution in [0.15, 0.2) is 28.9 Å². The Hall–Kier alpha value is -1.63. The number of hydrogen-bond donors (Lipinski definition) is 0. The number of aldehydes is 1. The van der Waals surface area contributed by atoms with Gasteiger partial charge in [-0.1, -0.05) is 18.2 Å². The van der Waals surface area contributed by atoms with Gasteiger partial charge in [0.25, 0.3) is 0 Å². The first-order chi connectivity index (χ1) is 8.86. The maximum absolute atomic E-state index is 12.9. The molecule has 0 aliphatic heterocycles. The van der Waals surface area contributed by atoms with Crippen LogP contribution in [-0.4, -0.2) is 16.1 Å². The molecule has 19 heavy (non-hydrogen) atoms. The van der Waals surface area contributed by atoms with Crippen LogP contribution in [-0.2, 0) is 13.2 Å². The third-order valence-electron chi connectivity index (χ3n) is 2.62. The lowest BCUT2D eigenvalue weighted by Gasteiger charge is -2.11. The van der Waals surface area contributed by atoms with E-state index in [-0.39, 0.29) is 16.8 Å². The minimum atomic E-state index is -4.50. The molecule has 0 fully saturated rings. The Morgan fingerprint density at radius 3 is 2.53 bits per heavy atom. The number of aromatic nitrogens is 2. The van der Waals surface area contributed by atoms with E-state index in [1.165, 1.54) is 29.9 Å². The van der Waals surface area contributed by atoms with E-state index in [1.54, 1.807) is 0 Å². The topological polar surface area (TPSA) is 34.9 Å². The van der Waals surface area contributed by atoms with Crippen molar-refractivity contribution in [1.29, 1.82) is 0 Å². The van der Waals surface area contributed by atoms with Crippen LogP contribution < -0.4 is 0 Å². The van der Waals surface area contributed by atoms with E-state index in [0.29, 0.717) is 10.9 Å². The highest BCUT2D eigenvalue weighted by molar-refractivity contribution is 9.10. The van der Waals surface area contributed by atoms with E-state index in [0.717, 1.165) is 6.07 Å². The molecule has 0 saturated heterocycles. The Bertz CT molecular complexity index is 634. The third kappa shape index (κ3) is 2.42. The average Bonchev–Trinajstić information content (AvgIpc) is 2.64. The second kappa shape index (κ2) is 4.80. The fourth-order valence-electron chi connectivity index (χ4n) is 1.76. The Morgan fingerprint density at radius 2 is 1.95 bits per heavy atom. The highest BCUT2D eigenvalue weighted by atomic mass is 79.9. The molecule has 7 heteroatoms. The number of carbonyl (C=O) groups excluding carboxylic acids is 1. The highest BCUT2D eigenvalue weighted by Crippen LogP contribution is 2.38. The average molecular weight is 333 g/mol. The summed E-state index contributed by atoms with van der Waals surface area (Å²) in [7, 11) is 1.54. The lowest BCUT2D eigenvalue weighted by Crippen LogP contribution is -2.07. The van der Waals surface area contributed by atoms with Crippen molar-refractivity contribution in [2.75, 3.05) is 0 Å². The minimum Gasteiger partial charge on any atom is -0.298 e. The molecule has 0 spiro atoms. The molecule has 0 N–H and O–H groups in total. The highest BCUT2D eigenvalue weighted by Gasteiger charge is 2.34. The van der Waals surface area contributed by atoms with Crippen molar-refractivity contribution in [3.63, 3.8) is 0 Å². The van der Waals surface area contributed by atoms with Gasteiger partial charge in [-0.15, -0.1) is 0 Å². The van der Waals surface area contributed by atoms with Crippen LogP contribution in [0.25, 0.3) is 11.3 Å². The zero-order valence-electron chi connectivity index (χ0n) is 9.70. The molecule has 3 nitrogen and oxygen atoms in total. The van der Waals surface area contributed by atoms with Crippen LogP contribution in [0.2, 0.25) is 0 Å². The number of benzene rings is 1. The number of nitrogens with zero attached hydrogens (tertiary/aromatic N) is 2. The second-order valence-electron chi connectivity index (χ2n) is 3.84. The van der Waals surface area contributed by atoms with Crippen molar-refractivity contribution in [3.8, 4) is 11.3 Å². The fraction of sp³-hybridized carbons (Fsp3) is 0.167. The Morgan fingerprint density at radius 1 is 1.32 bits per heavy atom. The van der Waals surface area contributed by atoms with Crippen molar-refractivity contribution in [3.05, 3.63) is 40.0 Å². The number of hydrogen-bond acceptors (Lipinski definition) is 2. The van der Waals surface area contributed by atoms with Gasteiger partial charge in [0, 0.05) is 12.6 Å². The number of alkyl halides is 3. The Balaban J connectivity index is 2.73. The summed E-state index contributed by atoms with van der Waals surface area (Å²) < 4.78 is 40.5. The summed E-state index contributed by atoms with van der Waals surface area (Å²) in [6.07, 6.45) is -4.01. The van der Waals surface area contributed by atoms with Gasteiger partial charge >= 0.3 is 6.18 Å². The molecule has 0 aliphatic rings. The van der Waals surface area contributed by atoms with Gasteiger partial charge in [0.1, 0.15) is 10.3 Å². The molecular weight excluding hydrogens is 325 g/mol. The van der Waals surface area contributed by atoms with Gasteiger partial charge in [-0.2, -0.15) is 18.3 Å². The van der Waals surface area contributed by atoms with Crippen molar-refractivity contribution >= 4 is 22.2 Å². The Labute approximate surface area is 115 Å². The molecule has 0 saturated carbocycles. The van der Waals surface area contributed by atoms with Crippen LogP contribution in [0.5, 0.6) is 0 Å². The largest absolute Gasteiger partial charge is 0.417 e. The second-order valence-corrected chi connectivity index (χ2v) is 4.59. The summed E-state index contributed by atoms with van der Waals surface area (Å²) in [4.78, 5) is 11.0. The summed E-state index contributed by atoms with van der Waals surface area (Å²) in [5.74, 6) is 0. The molecule has 0 radical (unpaired) electrons. The predicted octanol–water partition coefficient (Wildman–Crippen LogP) is 3.68. The maximum atomic E-state index is 12.9. The molecule has 100 valence electrons. The van der Waals surface area contributed by atoms with Crippen LogP contribution in [0, 0.1) is 0 Å². The van der Waals surface area contributed by atoms with Crippen molar-refractivity contribution in [1.82, 2.24) is 9.78 Å². The van der Waals surface area contributed by atoms with Crippen LogP contribution in [0.3, 0.4) is 0 Å². The van der Waals surface area contributed by atoms with Gasteiger partial charge < -0.3 is 0 Å². The van der Waals surface area contributed by atoms with E-state index in [1.807, 2.05) is 0 Å². The molecule has 1 aromatic carbocycles. The molecule has 0 atom stereocenters. The summed E-state index contributed by atoms with van der Waals surface area (Å²) in [6, 6.07) is 5.03. The van der Waals surface area contributed by atoms with Gasteiger partial charge in [-0.25, -0.2) is 0 Å². The zero-order valence-corrected chi connectivity index (χ0v) is 11.3. The Kier molecular flexibility index (Phi) is 3.49. The molecular formula is C12H8BrF3N2O. The molecule has 1 heterocycles. The van der Waals surface area contributed by atoms with E-state index in [4.69, 9.17) is 0 Å². The number of rotatable bonds is 2. The van der Waals surface area contributed by atoms with Gasteiger partial charge in [0.15, 0.2) is 6.29 Å². The van der Waals surface area contributed by atoms with E-state index < -0.39 is 11.7 Å². The third-order valence-corrected chi connectivity index (χ3v) is 3.56. The lowest BCUT2D eigenvalue weighted by molar-refractivity contribution is -0.137. The first-order valence-electron chi connectivity index (χ1n) is 5.20. The van der Waals surface area contributed by atoms with Crippen molar-refractivity contribution in [2.24, 2.45) is 7.05 Å². The molecule has 1 aromatic heterocycles. The molecule has 0 bridgehead atoms. The van der Waals surface area contributed by atoms with Gasteiger partial charge in [0.2, 0.25) is 0 Å². The van der Waals surface area contributed by atoms with E-state index in [9.17, 15) is 18.0 Å². The van der Waals surface area contributed by atoms with E-state index in [2.05, 4.69) is 21.0 Å². The van der Waals surface area contributed by atoms with Gasteiger partial charge in [-0.05, 0) is 22.0 Å². The summed E-state index contributed by atoms with van der Waals surface area (Å²) >= 11 is 3.12. The minimum absolute atomic E-state index is 0.0114. The van der Waals surface area contributed by atoms with E-state index >= 15 is 0 Å². The number of halogens is 4. The molecule has 2 rings (SSSR count). The summed E-state index contributed by atoms with van der Waals surface area (Å²) in [5, 5.41) is 3.96. The summed E-state index contributed by atoms with van der Waals surface area (Å²) in [5.41, 5.74) is -0.821. The number of carbonyl (C=O) groups is 1. The quantitative estimate of drug-likeness (QED) is 0.786. The van der Waals surface area contributed by atoms with Crippen LogP contribution >= 0.6 is 15.9 Å². The van der Waals surface area contributed by atoms with Crippen molar-refractivity contribution < 1.29 is 18.0 Å². The van der Waals surface area contributed by atoms with Crippen LogP contribution in [0.1, 0.15) is 15.9 Å². The number of aryl methyl sites for hydroxylation is 1. The summed E-state index contributed by atoms with van der Waals surface area (Å²) in [6.45, 7) is 0. The standard InChI is InChI=1S/C12H8BrF3N2O/c1-18-11(13)8(6-19)10(17-18)7-4-2-3-5-9(7)12(14,15)16/h2-6H,1H3. The zero-order chi connectivity index (χ0) is 14.2. The van der Waals surface area contributed by atoms with Gasteiger partial charge in [-0.3, -0.25) is 9.48 Å². The smallest absolute Gasteiger partial charge is 0.298 e. The lowest BCUT2D eigenvalue weighted by atomic mass is 10.0. The fourth-order valence-corrected chi connectivity index (χ4v) is 2.12. The molecule has 2 aromatic rings. The molecule has 0 amide bonds. The first kappa shape index (κ1) is 13.8. The first-order valence-corrected chi connectivity index (χ1v) is 6.00. The maximum Gasteiger partial charge on any atom is 0.417 e. The SMILES string of the molecule is Cn1nc(-c2ccccc2C(F)(F)F)c(C=O)c1Br. The van der Waals surface area contributed by atoms with Crippen LogP contribution in [0.4, 0.5) is 13.2 Å². The molecule has 0 aliphatic carbocycles.